The molecule has 1 atom stereocenters. The van der Waals surface area contributed by atoms with Crippen molar-refractivity contribution < 1.29 is 4.74 Å². The van der Waals surface area contributed by atoms with Crippen molar-refractivity contribution in [3.63, 3.8) is 0 Å². The van der Waals surface area contributed by atoms with Gasteiger partial charge in [-0.2, -0.15) is 0 Å². The fourth-order valence-electron chi connectivity index (χ4n) is 2.96. The van der Waals surface area contributed by atoms with Gasteiger partial charge in [0, 0.05) is 24.1 Å². The molecule has 0 spiro atoms. The molecule has 1 aromatic carbocycles. The van der Waals surface area contributed by atoms with Crippen LogP contribution in [0.15, 0.2) is 24.5 Å². The molecule has 3 heterocycles. The fourth-order valence-corrected chi connectivity index (χ4v) is 2.96. The lowest BCUT2D eigenvalue weighted by molar-refractivity contribution is 0.120. The number of nitrogens with zero attached hydrogens (tertiary/aromatic N) is 2. The molecule has 1 aliphatic heterocycles. The van der Waals surface area contributed by atoms with E-state index in [1.54, 1.807) is 6.33 Å². The summed E-state index contributed by atoms with van der Waals surface area (Å²) in [4.78, 5) is 12.2. The topological polar surface area (TPSA) is 62.8 Å². The molecule has 4 rings (SSSR count). The predicted octanol–water partition coefficient (Wildman–Crippen LogP) is 3.01. The van der Waals surface area contributed by atoms with Crippen molar-refractivity contribution in [3.05, 3.63) is 30.1 Å². The molecule has 21 heavy (non-hydrogen) atoms. The minimum Gasteiger partial charge on any atom is -0.376 e. The van der Waals surface area contributed by atoms with Gasteiger partial charge in [0.15, 0.2) is 5.82 Å². The van der Waals surface area contributed by atoms with Gasteiger partial charge in [-0.3, -0.25) is 0 Å². The van der Waals surface area contributed by atoms with Crippen LogP contribution < -0.4 is 5.32 Å². The quantitative estimate of drug-likeness (QED) is 0.775. The van der Waals surface area contributed by atoms with Crippen molar-refractivity contribution in [1.82, 2.24) is 15.0 Å². The lowest BCUT2D eigenvalue weighted by Crippen LogP contribution is -2.19. The lowest BCUT2D eigenvalue weighted by Gasteiger charge is -2.11. The van der Waals surface area contributed by atoms with Crippen LogP contribution in [0.5, 0.6) is 0 Å². The van der Waals surface area contributed by atoms with Crippen LogP contribution in [0.2, 0.25) is 0 Å². The van der Waals surface area contributed by atoms with E-state index in [4.69, 9.17) is 4.74 Å². The van der Waals surface area contributed by atoms with Crippen molar-refractivity contribution in [2.24, 2.45) is 0 Å². The van der Waals surface area contributed by atoms with Crippen molar-refractivity contribution in [1.29, 1.82) is 0 Å². The average Bonchev–Trinajstić information content (AvgIpc) is 3.12. The summed E-state index contributed by atoms with van der Waals surface area (Å²) in [5, 5.41) is 4.54. The Morgan fingerprint density at radius 2 is 2.33 bits per heavy atom. The van der Waals surface area contributed by atoms with E-state index in [1.807, 2.05) is 0 Å². The Bertz CT molecular complexity index is 789. The number of H-pyrrole nitrogens is 1. The first kappa shape index (κ1) is 12.6. The Labute approximate surface area is 122 Å². The third-order valence-corrected chi connectivity index (χ3v) is 4.06. The van der Waals surface area contributed by atoms with Crippen molar-refractivity contribution in [2.75, 3.05) is 18.5 Å². The zero-order valence-electron chi connectivity index (χ0n) is 12.0. The SMILES string of the molecule is Cc1ccc2[nH]c3c(NC[C@@H]4CCCO4)ncnc3c2c1. The van der Waals surface area contributed by atoms with Gasteiger partial charge in [-0.15, -0.1) is 0 Å². The molecule has 1 aliphatic rings. The van der Waals surface area contributed by atoms with Crippen LogP contribution in [0, 0.1) is 6.92 Å². The first-order valence-corrected chi connectivity index (χ1v) is 7.40. The number of aromatic amines is 1. The van der Waals surface area contributed by atoms with E-state index < -0.39 is 0 Å². The standard InChI is InChI=1S/C16H18N4O/c1-10-4-5-13-12(7-10)14-15(20-13)16(19-9-18-14)17-8-11-3-2-6-21-11/h4-5,7,9,11,20H,2-3,6,8H2,1H3,(H,17,18,19)/t11-/m0/s1. The second-order valence-corrected chi connectivity index (χ2v) is 5.64. The maximum absolute atomic E-state index is 5.65. The Kier molecular flexibility index (Phi) is 3.00. The normalized spacial score (nSPS) is 18.6. The number of fused-ring (bicyclic) bond motifs is 3. The Balaban J connectivity index is 1.73. The molecule has 0 radical (unpaired) electrons. The van der Waals surface area contributed by atoms with E-state index >= 15 is 0 Å². The van der Waals surface area contributed by atoms with Gasteiger partial charge in [0.1, 0.15) is 17.4 Å². The molecule has 1 saturated heterocycles. The van der Waals surface area contributed by atoms with Gasteiger partial charge < -0.3 is 15.0 Å². The molecule has 2 N–H and O–H groups in total. The van der Waals surface area contributed by atoms with Crippen LogP contribution in [-0.2, 0) is 4.74 Å². The van der Waals surface area contributed by atoms with E-state index in [2.05, 4.69) is 45.4 Å². The van der Waals surface area contributed by atoms with Crippen LogP contribution in [0.4, 0.5) is 5.82 Å². The highest BCUT2D eigenvalue weighted by Crippen LogP contribution is 2.28. The van der Waals surface area contributed by atoms with E-state index in [1.165, 1.54) is 5.56 Å². The van der Waals surface area contributed by atoms with Crippen molar-refractivity contribution in [2.45, 2.75) is 25.9 Å². The summed E-state index contributed by atoms with van der Waals surface area (Å²) in [6, 6.07) is 6.35. The van der Waals surface area contributed by atoms with Crippen LogP contribution in [0.25, 0.3) is 21.9 Å². The van der Waals surface area contributed by atoms with Gasteiger partial charge in [0.25, 0.3) is 0 Å². The van der Waals surface area contributed by atoms with Crippen molar-refractivity contribution in [3.8, 4) is 0 Å². The Morgan fingerprint density at radius 1 is 1.38 bits per heavy atom. The van der Waals surface area contributed by atoms with E-state index in [9.17, 15) is 0 Å². The van der Waals surface area contributed by atoms with Gasteiger partial charge in [0.2, 0.25) is 0 Å². The molecule has 0 bridgehead atoms. The van der Waals surface area contributed by atoms with E-state index in [0.717, 1.165) is 53.7 Å². The lowest BCUT2D eigenvalue weighted by atomic mass is 10.1. The van der Waals surface area contributed by atoms with Crippen LogP contribution in [0.1, 0.15) is 18.4 Å². The molecule has 1 fully saturated rings. The largest absolute Gasteiger partial charge is 0.376 e. The third-order valence-electron chi connectivity index (χ3n) is 4.06. The van der Waals surface area contributed by atoms with E-state index in [0.29, 0.717) is 6.10 Å². The third kappa shape index (κ3) is 2.23. The van der Waals surface area contributed by atoms with E-state index in [-0.39, 0.29) is 0 Å². The van der Waals surface area contributed by atoms with Gasteiger partial charge in [-0.25, -0.2) is 9.97 Å². The van der Waals surface area contributed by atoms with Crippen molar-refractivity contribution >= 4 is 27.8 Å². The maximum atomic E-state index is 5.65. The van der Waals surface area contributed by atoms with Crippen LogP contribution in [0.3, 0.4) is 0 Å². The monoisotopic (exact) mass is 282 g/mol. The number of anilines is 1. The summed E-state index contributed by atoms with van der Waals surface area (Å²) < 4.78 is 5.65. The Morgan fingerprint density at radius 3 is 3.19 bits per heavy atom. The predicted molar refractivity (Wildman–Crippen MR) is 83.6 cm³/mol. The summed E-state index contributed by atoms with van der Waals surface area (Å²) in [5.41, 5.74) is 4.27. The second-order valence-electron chi connectivity index (χ2n) is 5.64. The summed E-state index contributed by atoms with van der Waals surface area (Å²) in [5.74, 6) is 0.851. The number of hydrogen-bond acceptors (Lipinski definition) is 4. The van der Waals surface area contributed by atoms with Crippen LogP contribution >= 0.6 is 0 Å². The molecular formula is C16H18N4O. The van der Waals surface area contributed by atoms with Gasteiger partial charge >= 0.3 is 0 Å². The molecule has 2 aromatic heterocycles. The summed E-state index contributed by atoms with van der Waals surface area (Å²) in [6.07, 6.45) is 4.18. The zero-order chi connectivity index (χ0) is 14.2. The summed E-state index contributed by atoms with van der Waals surface area (Å²) in [7, 11) is 0. The molecule has 0 saturated carbocycles. The molecule has 0 unspecified atom stereocenters. The van der Waals surface area contributed by atoms with Gasteiger partial charge in [0.05, 0.1) is 6.10 Å². The average molecular weight is 282 g/mol. The van der Waals surface area contributed by atoms with Crippen LogP contribution in [-0.4, -0.2) is 34.2 Å². The number of benzene rings is 1. The first-order valence-electron chi connectivity index (χ1n) is 7.40. The highest BCUT2D eigenvalue weighted by atomic mass is 16.5. The number of ether oxygens (including phenoxy) is 1. The number of aromatic nitrogens is 3. The molecule has 5 nitrogen and oxygen atoms in total. The fraction of sp³-hybridized carbons (Fsp3) is 0.375. The number of rotatable bonds is 3. The zero-order valence-corrected chi connectivity index (χ0v) is 12.0. The maximum Gasteiger partial charge on any atom is 0.153 e. The molecule has 0 aliphatic carbocycles. The molecule has 108 valence electrons. The number of nitrogens with one attached hydrogen (secondary N) is 2. The molecule has 0 amide bonds. The molecule has 5 heteroatoms. The first-order chi connectivity index (χ1) is 10.3. The highest BCUT2D eigenvalue weighted by Gasteiger charge is 2.16. The smallest absolute Gasteiger partial charge is 0.153 e. The van der Waals surface area contributed by atoms with Gasteiger partial charge in [-0.05, 0) is 31.9 Å². The minimum atomic E-state index is 0.293. The Hall–Kier alpha value is -2.14. The number of hydrogen-bond donors (Lipinski definition) is 2. The molecular weight excluding hydrogens is 264 g/mol. The summed E-state index contributed by atoms with van der Waals surface area (Å²) in [6.45, 7) is 3.76. The second kappa shape index (κ2) is 5.00. The highest BCUT2D eigenvalue weighted by molar-refractivity contribution is 6.08. The number of aryl methyl sites for hydroxylation is 1. The van der Waals surface area contributed by atoms with Gasteiger partial charge in [-0.1, -0.05) is 11.6 Å². The molecule has 3 aromatic rings. The summed E-state index contributed by atoms with van der Waals surface area (Å²) >= 11 is 0. The minimum absolute atomic E-state index is 0.293.